The van der Waals surface area contributed by atoms with Crippen molar-refractivity contribution in [1.82, 2.24) is 4.90 Å². The molecule has 0 atom stereocenters. The van der Waals surface area contributed by atoms with Crippen molar-refractivity contribution in [2.24, 2.45) is 5.41 Å². The van der Waals surface area contributed by atoms with E-state index in [4.69, 9.17) is 0 Å². The number of likely N-dealkylation sites (N-methyl/N-ethyl adjacent to an activating group) is 1. The number of hydrogen-bond donors (Lipinski definition) is 0. The molecule has 0 aliphatic rings. The Balaban J connectivity index is 5.38. The average Bonchev–Trinajstić information content (AvgIpc) is 2.33. The standard InChI is InChI=1S/C16H27NO/c1-8-10-12-14(11-9-2)17(7)16(5,6)15(3,4)13-18/h8,10-13H,1,9H2,2-7H3/b12-10-,14-11-. The van der Waals surface area contributed by atoms with Gasteiger partial charge in [0, 0.05) is 23.7 Å². The molecule has 0 spiro atoms. The van der Waals surface area contributed by atoms with Gasteiger partial charge in [-0.1, -0.05) is 45.6 Å². The maximum atomic E-state index is 11.3. The van der Waals surface area contributed by atoms with E-state index in [0.717, 1.165) is 18.4 Å². The smallest absolute Gasteiger partial charge is 0.127 e. The summed E-state index contributed by atoms with van der Waals surface area (Å²) in [6.45, 7) is 13.9. The fourth-order valence-electron chi connectivity index (χ4n) is 1.59. The lowest BCUT2D eigenvalue weighted by atomic mass is 9.74. The molecule has 0 aliphatic carbocycles. The Kier molecular flexibility index (Phi) is 6.10. The van der Waals surface area contributed by atoms with Gasteiger partial charge in [-0.3, -0.25) is 0 Å². The molecule has 0 aromatic carbocycles. The topological polar surface area (TPSA) is 20.3 Å². The van der Waals surface area contributed by atoms with Crippen LogP contribution in [0.4, 0.5) is 0 Å². The van der Waals surface area contributed by atoms with Gasteiger partial charge >= 0.3 is 0 Å². The van der Waals surface area contributed by atoms with Crippen LogP contribution in [0, 0.1) is 5.41 Å². The summed E-state index contributed by atoms with van der Waals surface area (Å²) in [5, 5.41) is 0. The molecule has 0 amide bonds. The quantitative estimate of drug-likeness (QED) is 0.503. The minimum atomic E-state index is -0.420. The minimum absolute atomic E-state index is 0.263. The van der Waals surface area contributed by atoms with E-state index in [1.54, 1.807) is 6.08 Å². The number of aldehydes is 1. The van der Waals surface area contributed by atoms with Crippen LogP contribution < -0.4 is 0 Å². The summed E-state index contributed by atoms with van der Waals surface area (Å²) < 4.78 is 0. The van der Waals surface area contributed by atoms with Gasteiger partial charge in [-0.2, -0.15) is 0 Å². The average molecular weight is 249 g/mol. The van der Waals surface area contributed by atoms with Gasteiger partial charge in [-0.15, -0.1) is 0 Å². The zero-order valence-corrected chi connectivity index (χ0v) is 12.7. The summed E-state index contributed by atoms with van der Waals surface area (Å²) >= 11 is 0. The molecule has 102 valence electrons. The van der Waals surface area contributed by atoms with Gasteiger partial charge in [-0.25, -0.2) is 0 Å². The summed E-state index contributed by atoms with van der Waals surface area (Å²) in [5.74, 6) is 0. The molecule has 0 bridgehead atoms. The molecule has 0 rings (SSSR count). The first-order valence-electron chi connectivity index (χ1n) is 6.44. The van der Waals surface area contributed by atoms with Gasteiger partial charge in [0.25, 0.3) is 0 Å². The first kappa shape index (κ1) is 16.7. The monoisotopic (exact) mass is 249 g/mol. The van der Waals surface area contributed by atoms with E-state index >= 15 is 0 Å². The molecule has 2 nitrogen and oxygen atoms in total. The van der Waals surface area contributed by atoms with Gasteiger partial charge in [0.15, 0.2) is 0 Å². The van der Waals surface area contributed by atoms with Crippen molar-refractivity contribution >= 4 is 6.29 Å². The normalized spacial score (nSPS) is 13.8. The number of hydrogen-bond acceptors (Lipinski definition) is 2. The minimum Gasteiger partial charge on any atom is -0.369 e. The molecular weight excluding hydrogens is 222 g/mol. The number of carbonyl (C=O) groups is 1. The highest BCUT2D eigenvalue weighted by atomic mass is 16.1. The Morgan fingerprint density at radius 1 is 1.28 bits per heavy atom. The van der Waals surface area contributed by atoms with Gasteiger partial charge in [0.1, 0.15) is 6.29 Å². The van der Waals surface area contributed by atoms with Crippen LogP contribution in [0.5, 0.6) is 0 Å². The lowest BCUT2D eigenvalue weighted by molar-refractivity contribution is -0.120. The van der Waals surface area contributed by atoms with Crippen LogP contribution >= 0.6 is 0 Å². The van der Waals surface area contributed by atoms with Crippen molar-refractivity contribution in [1.29, 1.82) is 0 Å². The summed E-state index contributed by atoms with van der Waals surface area (Å²) in [6, 6.07) is 0. The van der Waals surface area contributed by atoms with Crippen LogP contribution in [0.3, 0.4) is 0 Å². The SMILES string of the molecule is C=C/C=C\C(=C\CC)N(C)C(C)(C)C(C)(C)C=O. The highest BCUT2D eigenvalue weighted by molar-refractivity contribution is 5.60. The molecule has 0 N–H and O–H groups in total. The second kappa shape index (κ2) is 6.58. The summed E-state index contributed by atoms with van der Waals surface area (Å²) in [4.78, 5) is 13.4. The second-order valence-electron chi connectivity index (χ2n) is 5.59. The Labute approximate surface area is 112 Å². The van der Waals surface area contributed by atoms with Crippen molar-refractivity contribution in [2.75, 3.05) is 7.05 Å². The fourth-order valence-corrected chi connectivity index (χ4v) is 1.59. The van der Waals surface area contributed by atoms with Crippen LogP contribution in [0.25, 0.3) is 0 Å². The van der Waals surface area contributed by atoms with E-state index in [2.05, 4.69) is 38.3 Å². The zero-order chi connectivity index (χ0) is 14.4. The number of carbonyl (C=O) groups excluding carboxylic acids is 1. The van der Waals surface area contributed by atoms with Crippen LogP contribution in [0.1, 0.15) is 41.0 Å². The van der Waals surface area contributed by atoms with E-state index in [-0.39, 0.29) is 5.54 Å². The molecule has 2 heteroatoms. The predicted molar refractivity (Wildman–Crippen MR) is 79.4 cm³/mol. The third-order valence-electron chi connectivity index (χ3n) is 3.91. The molecule has 0 saturated carbocycles. The highest BCUT2D eigenvalue weighted by Gasteiger charge is 2.40. The molecule has 0 radical (unpaired) electrons. The van der Waals surface area contributed by atoms with Crippen LogP contribution in [0.2, 0.25) is 0 Å². The highest BCUT2D eigenvalue weighted by Crippen LogP contribution is 2.35. The molecule has 0 aromatic rings. The molecule has 0 aliphatic heterocycles. The van der Waals surface area contributed by atoms with Crippen molar-refractivity contribution in [3.05, 3.63) is 36.6 Å². The van der Waals surface area contributed by atoms with Crippen molar-refractivity contribution in [3.8, 4) is 0 Å². The Bertz CT molecular complexity index is 348. The maximum absolute atomic E-state index is 11.3. The van der Waals surface area contributed by atoms with E-state index in [1.165, 1.54) is 0 Å². The van der Waals surface area contributed by atoms with Crippen molar-refractivity contribution in [3.63, 3.8) is 0 Å². The maximum Gasteiger partial charge on any atom is 0.127 e. The van der Waals surface area contributed by atoms with Crippen LogP contribution in [-0.4, -0.2) is 23.8 Å². The van der Waals surface area contributed by atoms with Gasteiger partial charge in [0.2, 0.25) is 0 Å². The fraction of sp³-hybridized carbons (Fsp3) is 0.562. The van der Waals surface area contributed by atoms with E-state index in [9.17, 15) is 4.79 Å². The molecule has 0 saturated heterocycles. The van der Waals surface area contributed by atoms with Crippen molar-refractivity contribution < 1.29 is 4.79 Å². The molecule has 0 aromatic heterocycles. The van der Waals surface area contributed by atoms with Gasteiger partial charge < -0.3 is 9.69 Å². The Hall–Kier alpha value is -1.31. The molecule has 0 heterocycles. The predicted octanol–water partition coefficient (Wildman–Crippen LogP) is 3.96. The second-order valence-corrected chi connectivity index (χ2v) is 5.59. The zero-order valence-electron chi connectivity index (χ0n) is 12.7. The molecular formula is C16H27NO. The van der Waals surface area contributed by atoms with E-state index in [1.807, 2.05) is 33.0 Å². The summed E-state index contributed by atoms with van der Waals surface area (Å²) in [7, 11) is 2.03. The van der Waals surface area contributed by atoms with Gasteiger partial charge in [-0.05, 0) is 26.3 Å². The largest absolute Gasteiger partial charge is 0.369 e. The van der Waals surface area contributed by atoms with E-state index < -0.39 is 5.41 Å². The Morgan fingerprint density at radius 2 is 1.83 bits per heavy atom. The third-order valence-corrected chi connectivity index (χ3v) is 3.91. The third kappa shape index (κ3) is 3.59. The van der Waals surface area contributed by atoms with E-state index in [0.29, 0.717) is 0 Å². The molecule has 0 fully saturated rings. The lowest BCUT2D eigenvalue weighted by Crippen LogP contribution is -2.52. The van der Waals surface area contributed by atoms with Crippen molar-refractivity contribution in [2.45, 2.75) is 46.6 Å². The number of allylic oxidation sites excluding steroid dienone is 4. The first-order valence-corrected chi connectivity index (χ1v) is 6.44. The summed E-state index contributed by atoms with van der Waals surface area (Å²) in [5.41, 5.74) is 0.426. The summed E-state index contributed by atoms with van der Waals surface area (Å²) in [6.07, 6.45) is 9.85. The number of rotatable bonds is 7. The van der Waals surface area contributed by atoms with Crippen LogP contribution in [0.15, 0.2) is 36.6 Å². The lowest BCUT2D eigenvalue weighted by Gasteiger charge is -2.46. The molecule has 0 unspecified atom stereocenters. The van der Waals surface area contributed by atoms with Gasteiger partial charge in [0.05, 0.1) is 0 Å². The van der Waals surface area contributed by atoms with Crippen LogP contribution in [-0.2, 0) is 4.79 Å². The number of nitrogens with zero attached hydrogens (tertiary/aromatic N) is 1. The Morgan fingerprint density at radius 3 is 2.22 bits per heavy atom. The molecule has 18 heavy (non-hydrogen) atoms. The first-order chi connectivity index (χ1) is 8.24.